The standard InChI is InChI=1S/C18H20N2O2/c1-13-8-9-16(12-14(13)2)20-17(21)10-11-19-18(22)15-6-4-3-5-7-15/h3-9,12H,10-11H2,1-2H3,(H,19,22)(H,20,21). The molecule has 114 valence electrons. The summed E-state index contributed by atoms with van der Waals surface area (Å²) in [7, 11) is 0. The Bertz CT molecular complexity index is 666. The fourth-order valence-corrected chi connectivity index (χ4v) is 2.02. The zero-order valence-electron chi connectivity index (χ0n) is 12.8. The summed E-state index contributed by atoms with van der Waals surface area (Å²) in [6.45, 7) is 4.34. The monoisotopic (exact) mass is 296 g/mol. The molecule has 0 fully saturated rings. The van der Waals surface area contributed by atoms with E-state index in [9.17, 15) is 9.59 Å². The van der Waals surface area contributed by atoms with Crippen molar-refractivity contribution in [2.75, 3.05) is 11.9 Å². The van der Waals surface area contributed by atoms with Gasteiger partial charge in [0.05, 0.1) is 0 Å². The molecule has 0 aliphatic heterocycles. The van der Waals surface area contributed by atoms with E-state index in [0.29, 0.717) is 12.1 Å². The van der Waals surface area contributed by atoms with Crippen LogP contribution in [0.3, 0.4) is 0 Å². The third-order valence-corrected chi connectivity index (χ3v) is 3.46. The van der Waals surface area contributed by atoms with Gasteiger partial charge in [-0.15, -0.1) is 0 Å². The van der Waals surface area contributed by atoms with Crippen LogP contribution in [-0.2, 0) is 4.79 Å². The molecule has 0 atom stereocenters. The third kappa shape index (κ3) is 4.45. The van der Waals surface area contributed by atoms with Crippen LogP contribution < -0.4 is 10.6 Å². The van der Waals surface area contributed by atoms with Gasteiger partial charge in [-0.3, -0.25) is 9.59 Å². The normalized spacial score (nSPS) is 10.1. The van der Waals surface area contributed by atoms with Crippen molar-refractivity contribution in [2.45, 2.75) is 20.3 Å². The zero-order valence-corrected chi connectivity index (χ0v) is 12.8. The first kappa shape index (κ1) is 15.8. The second kappa shape index (κ2) is 7.41. The highest BCUT2D eigenvalue weighted by atomic mass is 16.2. The van der Waals surface area contributed by atoms with Crippen LogP contribution in [0.2, 0.25) is 0 Å². The molecule has 0 saturated carbocycles. The van der Waals surface area contributed by atoms with Gasteiger partial charge < -0.3 is 10.6 Å². The lowest BCUT2D eigenvalue weighted by Crippen LogP contribution is -2.27. The molecule has 0 spiro atoms. The topological polar surface area (TPSA) is 58.2 Å². The minimum Gasteiger partial charge on any atom is -0.352 e. The van der Waals surface area contributed by atoms with Gasteiger partial charge in [-0.2, -0.15) is 0 Å². The summed E-state index contributed by atoms with van der Waals surface area (Å²) in [5.74, 6) is -0.281. The molecule has 0 bridgehead atoms. The molecule has 0 radical (unpaired) electrons. The first-order valence-electron chi connectivity index (χ1n) is 7.26. The number of anilines is 1. The average Bonchev–Trinajstić information content (AvgIpc) is 2.51. The van der Waals surface area contributed by atoms with Crippen molar-refractivity contribution in [3.63, 3.8) is 0 Å². The Morgan fingerprint density at radius 1 is 0.955 bits per heavy atom. The van der Waals surface area contributed by atoms with Crippen molar-refractivity contribution in [2.24, 2.45) is 0 Å². The van der Waals surface area contributed by atoms with Crippen molar-refractivity contribution >= 4 is 17.5 Å². The average molecular weight is 296 g/mol. The Balaban J connectivity index is 1.78. The molecule has 2 aromatic carbocycles. The molecule has 0 aliphatic carbocycles. The van der Waals surface area contributed by atoms with Crippen molar-refractivity contribution < 1.29 is 9.59 Å². The summed E-state index contributed by atoms with van der Waals surface area (Å²) in [5, 5.41) is 5.57. The number of aryl methyl sites for hydroxylation is 2. The zero-order chi connectivity index (χ0) is 15.9. The smallest absolute Gasteiger partial charge is 0.251 e. The summed E-state index contributed by atoms with van der Waals surface area (Å²) < 4.78 is 0. The minimum absolute atomic E-state index is 0.114. The number of hydrogen-bond donors (Lipinski definition) is 2. The van der Waals surface area contributed by atoms with Crippen LogP contribution in [0.25, 0.3) is 0 Å². The van der Waals surface area contributed by atoms with Crippen molar-refractivity contribution in [3.8, 4) is 0 Å². The van der Waals surface area contributed by atoms with Crippen LogP contribution in [0, 0.1) is 13.8 Å². The second-order valence-corrected chi connectivity index (χ2v) is 5.22. The van der Waals surface area contributed by atoms with E-state index < -0.39 is 0 Å². The maximum atomic E-state index is 11.9. The van der Waals surface area contributed by atoms with E-state index in [1.54, 1.807) is 24.3 Å². The van der Waals surface area contributed by atoms with Gasteiger partial charge in [0.25, 0.3) is 5.91 Å². The Kier molecular flexibility index (Phi) is 5.31. The molecule has 4 nitrogen and oxygen atoms in total. The van der Waals surface area contributed by atoms with Crippen molar-refractivity contribution in [3.05, 3.63) is 65.2 Å². The van der Waals surface area contributed by atoms with Crippen LogP contribution in [0.4, 0.5) is 5.69 Å². The number of amides is 2. The van der Waals surface area contributed by atoms with Crippen molar-refractivity contribution in [1.82, 2.24) is 5.32 Å². The van der Waals surface area contributed by atoms with E-state index in [1.807, 2.05) is 38.1 Å². The van der Waals surface area contributed by atoms with Gasteiger partial charge in [-0.05, 0) is 49.2 Å². The largest absolute Gasteiger partial charge is 0.352 e. The number of rotatable bonds is 5. The maximum Gasteiger partial charge on any atom is 0.251 e. The Hall–Kier alpha value is -2.62. The van der Waals surface area contributed by atoms with E-state index in [0.717, 1.165) is 11.3 Å². The lowest BCUT2D eigenvalue weighted by atomic mass is 10.1. The van der Waals surface area contributed by atoms with Crippen LogP contribution >= 0.6 is 0 Å². The highest BCUT2D eigenvalue weighted by Crippen LogP contribution is 2.14. The van der Waals surface area contributed by atoms with Crippen LogP contribution in [0.15, 0.2) is 48.5 Å². The maximum absolute atomic E-state index is 11.9. The number of hydrogen-bond acceptors (Lipinski definition) is 2. The molecule has 0 unspecified atom stereocenters. The molecule has 2 N–H and O–H groups in total. The second-order valence-electron chi connectivity index (χ2n) is 5.22. The first-order valence-corrected chi connectivity index (χ1v) is 7.26. The minimum atomic E-state index is -0.167. The lowest BCUT2D eigenvalue weighted by molar-refractivity contribution is -0.116. The summed E-state index contributed by atoms with van der Waals surface area (Å²) in [4.78, 5) is 23.7. The molecule has 4 heteroatoms. The molecule has 0 aromatic heterocycles. The SMILES string of the molecule is Cc1ccc(NC(=O)CCNC(=O)c2ccccc2)cc1C. The molecule has 0 saturated heterocycles. The Morgan fingerprint density at radius 3 is 2.36 bits per heavy atom. The molecular weight excluding hydrogens is 276 g/mol. The van der Waals surface area contributed by atoms with E-state index in [4.69, 9.17) is 0 Å². The van der Waals surface area contributed by atoms with Gasteiger partial charge in [0.1, 0.15) is 0 Å². The highest BCUT2D eigenvalue weighted by Gasteiger charge is 2.06. The van der Waals surface area contributed by atoms with Crippen LogP contribution in [0.1, 0.15) is 27.9 Å². The van der Waals surface area contributed by atoms with E-state index in [1.165, 1.54) is 5.56 Å². The quantitative estimate of drug-likeness (QED) is 0.891. The molecule has 0 aliphatic rings. The van der Waals surface area contributed by atoms with Gasteiger partial charge in [0, 0.05) is 24.2 Å². The first-order chi connectivity index (χ1) is 10.6. The fraction of sp³-hybridized carbons (Fsp3) is 0.222. The van der Waals surface area contributed by atoms with Gasteiger partial charge >= 0.3 is 0 Å². The molecular formula is C18H20N2O2. The summed E-state index contributed by atoms with van der Waals surface area (Å²) >= 11 is 0. The van der Waals surface area contributed by atoms with E-state index in [2.05, 4.69) is 10.6 Å². The predicted molar refractivity (Wildman–Crippen MR) is 87.9 cm³/mol. The molecule has 0 heterocycles. The molecule has 22 heavy (non-hydrogen) atoms. The van der Waals surface area contributed by atoms with E-state index in [-0.39, 0.29) is 18.2 Å². The van der Waals surface area contributed by atoms with Gasteiger partial charge in [-0.25, -0.2) is 0 Å². The highest BCUT2D eigenvalue weighted by molar-refractivity contribution is 5.95. The summed E-state index contributed by atoms with van der Waals surface area (Å²) in [6.07, 6.45) is 0.242. The Morgan fingerprint density at radius 2 is 1.68 bits per heavy atom. The third-order valence-electron chi connectivity index (χ3n) is 3.46. The number of carbonyl (C=O) groups excluding carboxylic acids is 2. The van der Waals surface area contributed by atoms with Gasteiger partial charge in [0.15, 0.2) is 0 Å². The van der Waals surface area contributed by atoms with Crippen LogP contribution in [0.5, 0.6) is 0 Å². The molecule has 2 amide bonds. The molecule has 2 rings (SSSR count). The van der Waals surface area contributed by atoms with Gasteiger partial charge in [0.2, 0.25) is 5.91 Å². The lowest BCUT2D eigenvalue weighted by Gasteiger charge is -2.08. The van der Waals surface area contributed by atoms with Crippen molar-refractivity contribution in [1.29, 1.82) is 0 Å². The molecule has 2 aromatic rings. The summed E-state index contributed by atoms with van der Waals surface area (Å²) in [5.41, 5.74) is 3.70. The van der Waals surface area contributed by atoms with E-state index >= 15 is 0 Å². The van der Waals surface area contributed by atoms with Crippen LogP contribution in [-0.4, -0.2) is 18.4 Å². The number of benzene rings is 2. The predicted octanol–water partition coefficient (Wildman–Crippen LogP) is 3.06. The summed E-state index contributed by atoms with van der Waals surface area (Å²) in [6, 6.07) is 14.7. The van der Waals surface area contributed by atoms with Gasteiger partial charge in [-0.1, -0.05) is 24.3 Å². The number of carbonyl (C=O) groups is 2. The fourth-order valence-electron chi connectivity index (χ4n) is 2.02. The number of nitrogens with one attached hydrogen (secondary N) is 2. The Labute approximate surface area is 130 Å².